The van der Waals surface area contributed by atoms with E-state index in [2.05, 4.69) is 21.2 Å². The van der Waals surface area contributed by atoms with Gasteiger partial charge in [-0.15, -0.1) is 0 Å². The Bertz CT molecular complexity index is 570. The average Bonchev–Trinajstić information content (AvgIpc) is 2.33. The smallest absolute Gasteiger partial charge is 0.133 e. The molecule has 2 aromatic rings. The summed E-state index contributed by atoms with van der Waals surface area (Å²) in [6.07, 6.45) is 0. The van der Waals surface area contributed by atoms with Crippen LogP contribution in [0.15, 0.2) is 40.9 Å². The highest BCUT2D eigenvalue weighted by Gasteiger charge is 2.03. The number of nitrogens with two attached hydrogens (primary N) is 1. The molecule has 0 radical (unpaired) electrons. The maximum Gasteiger partial charge on any atom is 0.133 e. The summed E-state index contributed by atoms with van der Waals surface area (Å²) in [5.74, 6) is 0.803. The summed E-state index contributed by atoms with van der Waals surface area (Å²) in [5, 5.41) is 3.28. The summed E-state index contributed by atoms with van der Waals surface area (Å²) in [7, 11) is 1.64. The topological polar surface area (TPSA) is 47.3 Å². The first-order valence-corrected chi connectivity index (χ1v) is 6.36. The van der Waals surface area contributed by atoms with Gasteiger partial charge in [-0.2, -0.15) is 0 Å². The fraction of sp³-hybridized carbons (Fsp3) is 0.143. The van der Waals surface area contributed by atoms with Gasteiger partial charge in [0.15, 0.2) is 0 Å². The molecule has 4 heteroatoms. The molecule has 94 valence electrons. The van der Waals surface area contributed by atoms with E-state index in [1.54, 1.807) is 7.11 Å². The Kier molecular flexibility index (Phi) is 3.77. The zero-order chi connectivity index (χ0) is 13.1. The summed E-state index contributed by atoms with van der Waals surface area (Å²) in [6, 6.07) is 11.7. The SMILES string of the molecule is COc1ccc(Nc2ccc(C)cc2N)cc1Br. The molecule has 0 saturated heterocycles. The summed E-state index contributed by atoms with van der Waals surface area (Å²) < 4.78 is 6.09. The highest BCUT2D eigenvalue weighted by molar-refractivity contribution is 9.10. The molecule has 2 aromatic carbocycles. The molecule has 0 aliphatic carbocycles. The van der Waals surface area contributed by atoms with Gasteiger partial charge in [-0.05, 0) is 58.7 Å². The van der Waals surface area contributed by atoms with Gasteiger partial charge in [0.05, 0.1) is 23.0 Å². The van der Waals surface area contributed by atoms with Crippen LogP contribution in [-0.4, -0.2) is 7.11 Å². The lowest BCUT2D eigenvalue weighted by molar-refractivity contribution is 0.412. The van der Waals surface area contributed by atoms with Gasteiger partial charge in [0, 0.05) is 5.69 Å². The van der Waals surface area contributed by atoms with Crippen molar-refractivity contribution in [2.75, 3.05) is 18.2 Å². The third-order valence-electron chi connectivity index (χ3n) is 2.64. The minimum atomic E-state index is 0.738. The van der Waals surface area contributed by atoms with E-state index in [4.69, 9.17) is 10.5 Å². The average molecular weight is 307 g/mol. The number of nitrogens with one attached hydrogen (secondary N) is 1. The molecule has 18 heavy (non-hydrogen) atoms. The second-order valence-electron chi connectivity index (χ2n) is 4.07. The van der Waals surface area contributed by atoms with Crippen molar-refractivity contribution in [2.24, 2.45) is 0 Å². The van der Waals surface area contributed by atoms with Crippen molar-refractivity contribution < 1.29 is 4.74 Å². The molecule has 0 spiro atoms. The monoisotopic (exact) mass is 306 g/mol. The van der Waals surface area contributed by atoms with Crippen LogP contribution in [-0.2, 0) is 0 Å². The highest BCUT2D eigenvalue weighted by Crippen LogP contribution is 2.30. The van der Waals surface area contributed by atoms with Crippen LogP contribution in [0, 0.1) is 6.92 Å². The van der Waals surface area contributed by atoms with E-state index < -0.39 is 0 Å². The number of methoxy groups -OCH3 is 1. The van der Waals surface area contributed by atoms with Crippen LogP contribution in [0.2, 0.25) is 0 Å². The lowest BCUT2D eigenvalue weighted by atomic mass is 10.2. The zero-order valence-electron chi connectivity index (χ0n) is 10.3. The summed E-state index contributed by atoms with van der Waals surface area (Å²) in [5.41, 5.74) is 9.71. The molecule has 0 unspecified atom stereocenters. The predicted octanol–water partition coefficient (Wildman–Crippen LogP) is 4.09. The van der Waals surface area contributed by atoms with Crippen LogP contribution in [0.4, 0.5) is 17.1 Å². The number of halogens is 1. The standard InChI is InChI=1S/C14H15BrN2O/c1-9-3-5-13(12(16)7-9)17-10-4-6-14(18-2)11(15)8-10/h3-8,17H,16H2,1-2H3. The second-order valence-corrected chi connectivity index (χ2v) is 4.92. The number of benzene rings is 2. The molecule has 0 fully saturated rings. The second kappa shape index (κ2) is 5.31. The van der Waals surface area contributed by atoms with Gasteiger partial charge in [-0.25, -0.2) is 0 Å². The number of ether oxygens (including phenoxy) is 1. The molecule has 0 aliphatic rings. The number of hydrogen-bond acceptors (Lipinski definition) is 3. The Labute approximate surface area is 115 Å². The van der Waals surface area contributed by atoms with Crippen LogP contribution < -0.4 is 15.8 Å². The van der Waals surface area contributed by atoms with Crippen molar-refractivity contribution in [1.29, 1.82) is 0 Å². The van der Waals surface area contributed by atoms with Crippen LogP contribution in [0.5, 0.6) is 5.75 Å². The van der Waals surface area contributed by atoms with E-state index in [9.17, 15) is 0 Å². The normalized spacial score (nSPS) is 10.2. The molecular formula is C14H15BrN2O. The van der Waals surface area contributed by atoms with Gasteiger partial charge in [-0.3, -0.25) is 0 Å². The molecule has 0 bridgehead atoms. The van der Waals surface area contributed by atoms with Gasteiger partial charge in [0.25, 0.3) is 0 Å². The first-order valence-electron chi connectivity index (χ1n) is 5.57. The minimum Gasteiger partial charge on any atom is -0.496 e. The lowest BCUT2D eigenvalue weighted by Crippen LogP contribution is -1.97. The van der Waals surface area contributed by atoms with Gasteiger partial charge in [0.1, 0.15) is 5.75 Å². The number of anilines is 3. The van der Waals surface area contributed by atoms with Crippen molar-refractivity contribution in [3.63, 3.8) is 0 Å². The third-order valence-corrected chi connectivity index (χ3v) is 3.26. The molecule has 2 rings (SSSR count). The first kappa shape index (κ1) is 12.8. The Morgan fingerprint density at radius 3 is 2.56 bits per heavy atom. The van der Waals surface area contributed by atoms with Gasteiger partial charge >= 0.3 is 0 Å². The lowest BCUT2D eigenvalue weighted by Gasteiger charge is -2.11. The molecule has 0 atom stereocenters. The Hall–Kier alpha value is -1.68. The van der Waals surface area contributed by atoms with Gasteiger partial charge in [0.2, 0.25) is 0 Å². The molecule has 0 aromatic heterocycles. The van der Waals surface area contributed by atoms with Crippen LogP contribution in [0.3, 0.4) is 0 Å². The molecule has 0 heterocycles. The zero-order valence-corrected chi connectivity index (χ0v) is 11.9. The molecule has 0 saturated carbocycles. The number of hydrogen-bond donors (Lipinski definition) is 2. The molecule has 3 N–H and O–H groups in total. The number of aryl methyl sites for hydroxylation is 1. The largest absolute Gasteiger partial charge is 0.496 e. The maximum atomic E-state index is 5.96. The van der Waals surface area contributed by atoms with E-state index in [1.165, 1.54) is 0 Å². The quantitative estimate of drug-likeness (QED) is 0.840. The highest BCUT2D eigenvalue weighted by atomic mass is 79.9. The van der Waals surface area contributed by atoms with Crippen LogP contribution in [0.25, 0.3) is 0 Å². The Morgan fingerprint density at radius 1 is 1.17 bits per heavy atom. The van der Waals surface area contributed by atoms with Crippen molar-refractivity contribution in [2.45, 2.75) is 6.92 Å². The van der Waals surface area contributed by atoms with Crippen LogP contribution in [0.1, 0.15) is 5.56 Å². The fourth-order valence-electron chi connectivity index (χ4n) is 1.70. The van der Waals surface area contributed by atoms with Crippen molar-refractivity contribution in [3.05, 3.63) is 46.4 Å². The van der Waals surface area contributed by atoms with Crippen molar-refractivity contribution in [3.8, 4) is 5.75 Å². The Morgan fingerprint density at radius 2 is 1.94 bits per heavy atom. The fourth-order valence-corrected chi connectivity index (χ4v) is 2.24. The molecule has 0 amide bonds. The van der Waals surface area contributed by atoms with E-state index in [1.807, 2.05) is 43.3 Å². The van der Waals surface area contributed by atoms with E-state index in [0.717, 1.165) is 32.8 Å². The molecule has 0 aliphatic heterocycles. The van der Waals surface area contributed by atoms with E-state index in [-0.39, 0.29) is 0 Å². The molecule has 3 nitrogen and oxygen atoms in total. The number of nitrogen functional groups attached to an aromatic ring is 1. The summed E-state index contributed by atoms with van der Waals surface area (Å²) >= 11 is 3.45. The third kappa shape index (κ3) is 2.76. The van der Waals surface area contributed by atoms with Crippen molar-refractivity contribution >= 4 is 33.0 Å². The van der Waals surface area contributed by atoms with Crippen LogP contribution >= 0.6 is 15.9 Å². The minimum absolute atomic E-state index is 0.738. The van der Waals surface area contributed by atoms with Crippen molar-refractivity contribution in [1.82, 2.24) is 0 Å². The van der Waals surface area contributed by atoms with E-state index in [0.29, 0.717) is 0 Å². The predicted molar refractivity (Wildman–Crippen MR) is 79.6 cm³/mol. The maximum absolute atomic E-state index is 5.96. The first-order chi connectivity index (χ1) is 8.60. The van der Waals surface area contributed by atoms with Gasteiger partial charge < -0.3 is 15.8 Å². The Balaban J connectivity index is 2.26. The van der Waals surface area contributed by atoms with Gasteiger partial charge in [-0.1, -0.05) is 6.07 Å². The number of rotatable bonds is 3. The molecular weight excluding hydrogens is 292 g/mol. The summed E-state index contributed by atoms with van der Waals surface area (Å²) in [6.45, 7) is 2.02. The van der Waals surface area contributed by atoms with E-state index >= 15 is 0 Å². The summed E-state index contributed by atoms with van der Waals surface area (Å²) in [4.78, 5) is 0.